The van der Waals surface area contributed by atoms with Crippen molar-refractivity contribution in [3.8, 4) is 17.6 Å². The van der Waals surface area contributed by atoms with Crippen LogP contribution in [-0.4, -0.2) is 24.5 Å². The van der Waals surface area contributed by atoms with Crippen molar-refractivity contribution in [3.05, 3.63) is 130 Å². The first kappa shape index (κ1) is 32.9. The quantitative estimate of drug-likeness (QED) is 0.171. The number of ether oxygens (including phenoxy) is 2. The van der Waals surface area contributed by atoms with E-state index in [4.69, 9.17) is 4.74 Å². The van der Waals surface area contributed by atoms with Crippen molar-refractivity contribution in [3.63, 3.8) is 0 Å². The fraction of sp³-hybridized carbons (Fsp3) is 0.212. The number of nitriles is 1. The number of nitrogens with zero attached hydrogens (tertiary/aromatic N) is 1. The Balaban J connectivity index is 2.02. The summed E-state index contributed by atoms with van der Waals surface area (Å²) in [7, 11) is 0. The summed E-state index contributed by atoms with van der Waals surface area (Å²) in [6, 6.07) is 18.5. The molecule has 0 heterocycles. The third-order valence-electron chi connectivity index (χ3n) is 6.65. The molecule has 1 N–H and O–H groups in total. The second-order valence-corrected chi connectivity index (χ2v) is 10.3. The van der Waals surface area contributed by atoms with Gasteiger partial charge in [-0.05, 0) is 73.0 Å². The molecule has 0 aliphatic heterocycles. The largest absolute Gasteiger partial charge is 0.488 e. The van der Waals surface area contributed by atoms with Crippen LogP contribution >= 0.6 is 0 Å². The van der Waals surface area contributed by atoms with Gasteiger partial charge in [0.2, 0.25) is 0 Å². The predicted molar refractivity (Wildman–Crippen MR) is 150 cm³/mol. The Kier molecular flexibility index (Phi) is 9.71. The lowest BCUT2D eigenvalue weighted by molar-refractivity contribution is -0.253. The minimum Gasteiger partial charge on any atom is -0.488 e. The molecule has 4 aromatic carbocycles. The molecule has 0 aromatic heterocycles. The molecule has 1 unspecified atom stereocenters. The van der Waals surface area contributed by atoms with Crippen LogP contribution < -0.4 is 14.8 Å². The van der Waals surface area contributed by atoms with E-state index in [1.54, 1.807) is 50.2 Å². The molecule has 0 bridgehead atoms. The van der Waals surface area contributed by atoms with Gasteiger partial charge in [-0.1, -0.05) is 36.4 Å². The molecule has 0 spiro atoms. The van der Waals surface area contributed by atoms with Gasteiger partial charge < -0.3 is 14.8 Å². The minimum absolute atomic E-state index is 0.0662. The Morgan fingerprint density at radius 3 is 2.22 bits per heavy atom. The molecule has 0 aliphatic carbocycles. The molecule has 4 aromatic rings. The highest BCUT2D eigenvalue weighted by atomic mass is 19.3. The van der Waals surface area contributed by atoms with E-state index in [-0.39, 0.29) is 28.9 Å². The number of carbonyl (C=O) groups excluding carboxylic acids is 1. The summed E-state index contributed by atoms with van der Waals surface area (Å²) in [4.78, 5) is 13.8. The van der Waals surface area contributed by atoms with E-state index in [0.29, 0.717) is 11.6 Å². The molecule has 0 saturated heterocycles. The van der Waals surface area contributed by atoms with Gasteiger partial charge in [-0.2, -0.15) is 22.8 Å². The van der Waals surface area contributed by atoms with Crippen molar-refractivity contribution < 1.29 is 45.0 Å². The van der Waals surface area contributed by atoms with Crippen LogP contribution in [0.1, 0.15) is 46.5 Å². The number of amides is 1. The first-order valence-electron chi connectivity index (χ1n) is 13.4. The van der Waals surface area contributed by atoms with Crippen LogP contribution in [0.25, 0.3) is 0 Å². The van der Waals surface area contributed by atoms with Crippen molar-refractivity contribution in [1.82, 2.24) is 5.32 Å². The molecule has 0 radical (unpaired) electrons. The Bertz CT molecular complexity index is 1730. The van der Waals surface area contributed by atoms with Gasteiger partial charge >= 0.3 is 12.5 Å². The zero-order valence-electron chi connectivity index (χ0n) is 23.8. The number of nitrogens with one attached hydrogen (secondary N) is 1. The predicted octanol–water partition coefficient (Wildman–Crippen LogP) is 7.92. The van der Waals surface area contributed by atoms with Crippen molar-refractivity contribution in [1.29, 1.82) is 5.26 Å². The summed E-state index contributed by atoms with van der Waals surface area (Å²) in [6.07, 6.45) is -9.99. The molecule has 0 fully saturated rings. The SMILES string of the molecule is CC(C)Oc1cc(C(Cc2ccccc2)(NC(=O)c2ccc(F)c(C#N)c2)c2cc(F)cc(OC(F)(F)C(F)F)c2)ccc1F. The van der Waals surface area contributed by atoms with Gasteiger partial charge in [-0.25, -0.2) is 13.2 Å². The van der Waals surface area contributed by atoms with Crippen molar-refractivity contribution in [2.24, 2.45) is 0 Å². The maximum Gasteiger partial charge on any atom is 0.461 e. The standard InChI is InChI=1S/C33H25F7N2O3/c1-19(2)44-29-15-23(9-11-28(29)36)32(17-20-6-4-3-5-7-20,42-30(43)21-8-10-27(35)22(12-21)18-41)24-13-25(34)16-26(14-24)45-33(39,40)31(37)38/h3-16,19,31H,17H2,1-2H3,(H,42,43). The highest BCUT2D eigenvalue weighted by molar-refractivity contribution is 5.95. The van der Waals surface area contributed by atoms with E-state index in [1.165, 1.54) is 12.1 Å². The van der Waals surface area contributed by atoms with Crippen LogP contribution in [-0.2, 0) is 12.0 Å². The Labute approximate surface area is 253 Å². The molecule has 4 rings (SSSR count). The van der Waals surface area contributed by atoms with Crippen LogP contribution in [0.4, 0.5) is 30.7 Å². The maximum atomic E-state index is 15.1. The first-order chi connectivity index (χ1) is 21.2. The Morgan fingerprint density at radius 1 is 0.889 bits per heavy atom. The fourth-order valence-electron chi connectivity index (χ4n) is 4.66. The number of hydrogen-bond acceptors (Lipinski definition) is 4. The summed E-state index contributed by atoms with van der Waals surface area (Å²) in [5, 5.41) is 12.0. The number of benzene rings is 4. The number of rotatable bonds is 11. The van der Waals surface area contributed by atoms with Crippen LogP contribution in [0.5, 0.6) is 11.5 Å². The van der Waals surface area contributed by atoms with Gasteiger partial charge in [0.05, 0.1) is 17.2 Å². The summed E-state index contributed by atoms with van der Waals surface area (Å²) in [6.45, 7) is 3.26. The van der Waals surface area contributed by atoms with Gasteiger partial charge in [0.15, 0.2) is 11.6 Å². The lowest BCUT2D eigenvalue weighted by Gasteiger charge is -2.37. The van der Waals surface area contributed by atoms with Gasteiger partial charge in [-0.3, -0.25) is 4.79 Å². The highest BCUT2D eigenvalue weighted by Gasteiger charge is 2.45. The molecule has 1 amide bonds. The topological polar surface area (TPSA) is 71.3 Å². The average Bonchev–Trinajstić information content (AvgIpc) is 2.97. The molecule has 12 heteroatoms. The number of alkyl halides is 4. The molecular weight excluding hydrogens is 605 g/mol. The maximum absolute atomic E-state index is 15.1. The zero-order valence-corrected chi connectivity index (χ0v) is 23.8. The fourth-order valence-corrected chi connectivity index (χ4v) is 4.66. The third kappa shape index (κ3) is 7.55. The zero-order chi connectivity index (χ0) is 32.9. The van der Waals surface area contributed by atoms with Gasteiger partial charge in [-0.15, -0.1) is 0 Å². The van der Waals surface area contributed by atoms with Crippen LogP contribution in [0.2, 0.25) is 0 Å². The second kappa shape index (κ2) is 13.3. The van der Waals surface area contributed by atoms with E-state index in [9.17, 15) is 36.4 Å². The van der Waals surface area contributed by atoms with E-state index in [2.05, 4.69) is 10.1 Å². The summed E-state index contributed by atoms with van der Waals surface area (Å²) < 4.78 is 108. The van der Waals surface area contributed by atoms with Gasteiger partial charge in [0, 0.05) is 18.1 Å². The smallest absolute Gasteiger partial charge is 0.461 e. The second-order valence-electron chi connectivity index (χ2n) is 10.3. The van der Waals surface area contributed by atoms with Crippen LogP contribution in [0.3, 0.4) is 0 Å². The van der Waals surface area contributed by atoms with Crippen molar-refractivity contribution >= 4 is 5.91 Å². The first-order valence-corrected chi connectivity index (χ1v) is 13.4. The van der Waals surface area contributed by atoms with Crippen LogP contribution in [0.15, 0.2) is 84.9 Å². The summed E-state index contributed by atoms with van der Waals surface area (Å²) >= 11 is 0. The number of hydrogen-bond donors (Lipinski definition) is 1. The monoisotopic (exact) mass is 630 g/mol. The van der Waals surface area contributed by atoms with E-state index < -0.39 is 58.8 Å². The van der Waals surface area contributed by atoms with E-state index >= 15 is 4.39 Å². The third-order valence-corrected chi connectivity index (χ3v) is 6.65. The number of carbonyl (C=O) groups is 1. The summed E-state index contributed by atoms with van der Waals surface area (Å²) in [5.41, 5.74) is -2.30. The normalized spacial score (nSPS) is 12.8. The Morgan fingerprint density at radius 2 is 1.58 bits per heavy atom. The van der Waals surface area contributed by atoms with Crippen molar-refractivity contribution in [2.45, 2.75) is 44.4 Å². The Hall–Kier alpha value is -5.05. The molecule has 45 heavy (non-hydrogen) atoms. The van der Waals surface area contributed by atoms with Crippen LogP contribution in [0, 0.1) is 28.8 Å². The lowest BCUT2D eigenvalue weighted by Crippen LogP contribution is -2.49. The molecule has 234 valence electrons. The molecule has 0 aliphatic rings. The molecular formula is C33H25F7N2O3. The lowest BCUT2D eigenvalue weighted by atomic mass is 9.77. The summed E-state index contributed by atoms with van der Waals surface area (Å²) in [5.74, 6) is -5.05. The molecule has 1 atom stereocenters. The number of halogens is 7. The van der Waals surface area contributed by atoms with Gasteiger partial charge in [0.25, 0.3) is 5.91 Å². The molecule has 5 nitrogen and oxygen atoms in total. The van der Waals surface area contributed by atoms with Crippen molar-refractivity contribution in [2.75, 3.05) is 0 Å². The van der Waals surface area contributed by atoms with E-state index in [1.807, 2.05) is 0 Å². The van der Waals surface area contributed by atoms with Gasteiger partial charge in [0.1, 0.15) is 23.5 Å². The average molecular weight is 631 g/mol. The molecule has 0 saturated carbocycles. The van der Waals surface area contributed by atoms with E-state index in [0.717, 1.165) is 36.4 Å². The highest BCUT2D eigenvalue weighted by Crippen LogP contribution is 2.39. The minimum atomic E-state index is -4.99.